The molecule has 1 unspecified atom stereocenters. The Kier molecular flexibility index (Phi) is 14.0. The van der Waals surface area contributed by atoms with Crippen LogP contribution in [0.1, 0.15) is 71.1 Å². The second-order valence-electron chi connectivity index (χ2n) is 13.2. The van der Waals surface area contributed by atoms with Gasteiger partial charge in [-0.2, -0.15) is 0 Å². The van der Waals surface area contributed by atoms with E-state index in [1.54, 1.807) is 12.5 Å². The molecule has 2 heterocycles. The summed E-state index contributed by atoms with van der Waals surface area (Å²) < 4.78 is 26.6. The molecule has 0 radical (unpaired) electrons. The van der Waals surface area contributed by atoms with Crippen LogP contribution in [0.5, 0.6) is 5.75 Å². The molecule has 0 saturated carbocycles. The molecule has 1 aliphatic heterocycles. The van der Waals surface area contributed by atoms with E-state index in [4.69, 9.17) is 9.47 Å². The Morgan fingerprint density at radius 2 is 1.72 bits per heavy atom. The van der Waals surface area contributed by atoms with E-state index in [1.165, 1.54) is 0 Å². The summed E-state index contributed by atoms with van der Waals surface area (Å²) in [6, 6.07) is 22.0. The average Bonchev–Trinajstić information content (AvgIpc) is 3.57. The van der Waals surface area contributed by atoms with Crippen LogP contribution < -0.4 is 15.0 Å². The highest BCUT2D eigenvalue weighted by atomic mass is 32.2. The van der Waals surface area contributed by atoms with Gasteiger partial charge in [-0.25, -0.2) is 4.98 Å². The summed E-state index contributed by atoms with van der Waals surface area (Å²) in [5.41, 5.74) is 6.54. The maximum absolute atomic E-state index is 13.4. The van der Waals surface area contributed by atoms with Crippen LogP contribution in [0.3, 0.4) is 0 Å². The number of unbranched alkanes of at least 4 members (excludes halogenated alkanes) is 1. The zero-order valence-corrected chi connectivity index (χ0v) is 30.8. The number of ether oxygens (including phenoxy) is 2. The van der Waals surface area contributed by atoms with E-state index in [-0.39, 0.29) is 5.91 Å². The lowest BCUT2D eigenvalue weighted by molar-refractivity contribution is -0.112. The number of hydrogen-bond donors (Lipinski definition) is 1. The van der Waals surface area contributed by atoms with Gasteiger partial charge in [0.05, 0.1) is 24.8 Å². The first-order valence-electron chi connectivity index (χ1n) is 18.0. The Balaban J connectivity index is 1.27. The molecule has 0 bridgehead atoms. The first-order chi connectivity index (χ1) is 24.3. The van der Waals surface area contributed by atoms with Crippen molar-refractivity contribution in [1.29, 1.82) is 0 Å². The number of carbonyl (C=O) groups is 1. The largest absolute Gasteiger partial charge is 0.611 e. The van der Waals surface area contributed by atoms with Crippen molar-refractivity contribution in [1.82, 2.24) is 9.55 Å². The number of rotatable bonds is 17. The van der Waals surface area contributed by atoms with Crippen LogP contribution in [0.15, 0.2) is 89.7 Å². The van der Waals surface area contributed by atoms with Crippen molar-refractivity contribution in [2.75, 3.05) is 43.1 Å². The van der Waals surface area contributed by atoms with Crippen molar-refractivity contribution in [3.05, 3.63) is 96.1 Å². The Hall–Kier alpha value is -4.05. The van der Waals surface area contributed by atoms with Gasteiger partial charge >= 0.3 is 0 Å². The second kappa shape index (κ2) is 18.8. The van der Waals surface area contributed by atoms with E-state index in [1.807, 2.05) is 54.0 Å². The quantitative estimate of drug-likeness (QED) is 0.0675. The van der Waals surface area contributed by atoms with Gasteiger partial charge in [0.15, 0.2) is 10.6 Å². The SMILES string of the molecule is CCCCOCCOc1ccc(-c2ccc(N3CCC(C)CC3)c(C=C(C)C(=O)Nc3ccc([S+]([O-])Cc4cncn4CCC)cc3)c2)cc1. The Bertz CT molecular complexity index is 1680. The third-order valence-corrected chi connectivity index (χ3v) is 10.5. The summed E-state index contributed by atoms with van der Waals surface area (Å²) in [4.78, 5) is 20.8. The molecule has 0 aliphatic carbocycles. The fourth-order valence-electron chi connectivity index (χ4n) is 6.04. The van der Waals surface area contributed by atoms with Gasteiger partial charge in [-0.3, -0.25) is 4.79 Å². The Morgan fingerprint density at radius 3 is 2.44 bits per heavy atom. The van der Waals surface area contributed by atoms with E-state index < -0.39 is 11.2 Å². The third-order valence-electron chi connectivity index (χ3n) is 9.13. The third kappa shape index (κ3) is 10.5. The van der Waals surface area contributed by atoms with Crippen molar-refractivity contribution in [2.24, 2.45) is 5.92 Å². The van der Waals surface area contributed by atoms with Gasteiger partial charge < -0.3 is 28.8 Å². The van der Waals surface area contributed by atoms with Crippen molar-refractivity contribution in [2.45, 2.75) is 77.0 Å². The van der Waals surface area contributed by atoms with Gasteiger partial charge in [0.25, 0.3) is 5.91 Å². The average molecular weight is 697 g/mol. The molecule has 1 aromatic heterocycles. The van der Waals surface area contributed by atoms with Crippen LogP contribution in [0, 0.1) is 5.92 Å². The topological polar surface area (TPSA) is 91.7 Å². The normalized spacial score (nSPS) is 14.5. The standard InChI is InChI=1S/C41H52N4O4S/c1-5-7-23-48-24-25-49-38-13-8-33(9-14-38)34-10-17-40(44-21-18-31(3)19-22-44)35(27-34)26-32(4)41(46)43-36-11-15-39(16-12-36)50(47)29-37-28-42-30-45(37)20-6-2/h8-17,26-28,30-31H,5-7,18-25,29H2,1-4H3,(H,43,46). The van der Waals surface area contributed by atoms with Crippen LogP contribution >= 0.6 is 0 Å². The predicted octanol–water partition coefficient (Wildman–Crippen LogP) is 8.74. The number of nitrogens with one attached hydrogen (secondary N) is 1. The first-order valence-corrected chi connectivity index (χ1v) is 19.3. The molecule has 8 nitrogen and oxygen atoms in total. The Morgan fingerprint density at radius 1 is 0.980 bits per heavy atom. The van der Waals surface area contributed by atoms with Crippen molar-refractivity contribution < 1.29 is 18.8 Å². The Labute approximate surface area is 301 Å². The first kappa shape index (κ1) is 37.2. The van der Waals surface area contributed by atoms with Crippen molar-refractivity contribution in [3.8, 4) is 16.9 Å². The summed E-state index contributed by atoms with van der Waals surface area (Å²) in [6.45, 7) is 13.2. The fourth-order valence-corrected chi connectivity index (χ4v) is 7.16. The molecule has 1 atom stereocenters. The fraction of sp³-hybridized carbons (Fsp3) is 0.415. The predicted molar refractivity (Wildman–Crippen MR) is 205 cm³/mol. The molecule has 3 aromatic carbocycles. The van der Waals surface area contributed by atoms with Gasteiger partial charge in [0.1, 0.15) is 12.4 Å². The monoisotopic (exact) mass is 696 g/mol. The number of anilines is 2. The summed E-state index contributed by atoms with van der Waals surface area (Å²) in [6.07, 6.45) is 11.0. The highest BCUT2D eigenvalue weighted by Gasteiger charge is 2.20. The highest BCUT2D eigenvalue weighted by Crippen LogP contribution is 2.33. The number of nitrogens with zero attached hydrogens (tertiary/aromatic N) is 3. The molecular weight excluding hydrogens is 645 g/mol. The zero-order valence-electron chi connectivity index (χ0n) is 30.0. The molecule has 50 heavy (non-hydrogen) atoms. The number of hydrogen-bond acceptors (Lipinski definition) is 6. The number of carbonyl (C=O) groups excluding carboxylic acids is 1. The number of amides is 1. The van der Waals surface area contributed by atoms with E-state index in [2.05, 4.69) is 66.3 Å². The van der Waals surface area contributed by atoms with Crippen LogP contribution in [0.25, 0.3) is 17.2 Å². The summed E-state index contributed by atoms with van der Waals surface area (Å²) in [5, 5.41) is 3.03. The second-order valence-corrected chi connectivity index (χ2v) is 14.6. The van der Waals surface area contributed by atoms with E-state index in [0.29, 0.717) is 41.0 Å². The molecule has 4 aromatic rings. The molecule has 266 valence electrons. The molecule has 1 fully saturated rings. The van der Waals surface area contributed by atoms with Crippen LogP contribution in [0.2, 0.25) is 0 Å². The molecule has 1 aliphatic rings. The maximum Gasteiger partial charge on any atom is 0.251 e. The lowest BCUT2D eigenvalue weighted by atomic mass is 9.96. The van der Waals surface area contributed by atoms with Gasteiger partial charge in [-0.1, -0.05) is 45.4 Å². The number of piperidine rings is 1. The molecule has 1 amide bonds. The lowest BCUT2D eigenvalue weighted by Gasteiger charge is -2.33. The molecular formula is C41H52N4O4S. The molecule has 1 saturated heterocycles. The summed E-state index contributed by atoms with van der Waals surface area (Å²) in [7, 11) is 0. The number of aryl methyl sites for hydroxylation is 1. The molecule has 0 spiro atoms. The van der Waals surface area contributed by atoms with E-state index in [0.717, 1.165) is 92.2 Å². The van der Waals surface area contributed by atoms with Gasteiger partial charge in [0.2, 0.25) is 0 Å². The number of aromatic nitrogens is 2. The maximum atomic E-state index is 13.4. The van der Waals surface area contributed by atoms with E-state index >= 15 is 0 Å². The molecule has 9 heteroatoms. The minimum atomic E-state index is -1.22. The lowest BCUT2D eigenvalue weighted by Crippen LogP contribution is -2.33. The molecule has 5 rings (SSSR count). The summed E-state index contributed by atoms with van der Waals surface area (Å²) >= 11 is -1.22. The van der Waals surface area contributed by atoms with Crippen LogP contribution in [-0.2, 0) is 33.0 Å². The van der Waals surface area contributed by atoms with Crippen molar-refractivity contribution in [3.63, 3.8) is 0 Å². The van der Waals surface area contributed by atoms with E-state index in [9.17, 15) is 9.35 Å². The van der Waals surface area contributed by atoms with Gasteiger partial charge in [0, 0.05) is 43.2 Å². The van der Waals surface area contributed by atoms with Gasteiger partial charge in [-0.15, -0.1) is 0 Å². The molecule has 1 N–H and O–H groups in total. The highest BCUT2D eigenvalue weighted by molar-refractivity contribution is 7.90. The van der Waals surface area contributed by atoms with Crippen molar-refractivity contribution >= 4 is 34.5 Å². The van der Waals surface area contributed by atoms with Gasteiger partial charge in [-0.05, 0) is 121 Å². The number of imidazole rings is 1. The minimum Gasteiger partial charge on any atom is -0.611 e. The zero-order chi connectivity index (χ0) is 35.3. The smallest absolute Gasteiger partial charge is 0.251 e. The van der Waals surface area contributed by atoms with Crippen LogP contribution in [0.4, 0.5) is 11.4 Å². The van der Waals surface area contributed by atoms with Crippen LogP contribution in [-0.4, -0.2) is 52.9 Å². The summed E-state index contributed by atoms with van der Waals surface area (Å²) in [5.74, 6) is 1.76. The minimum absolute atomic E-state index is 0.175. The number of benzene rings is 3.